The molecule has 0 bridgehead atoms. The number of carbonyl (C=O) groups is 1. The van der Waals surface area contributed by atoms with Gasteiger partial charge < -0.3 is 9.67 Å². The maximum Gasteiger partial charge on any atom is 0.173 e. The molecule has 1 N–H and O–H groups in total. The molecule has 22 heavy (non-hydrogen) atoms. The average molecular weight is 316 g/mol. The fourth-order valence-corrected chi connectivity index (χ4v) is 3.95. The summed E-state index contributed by atoms with van der Waals surface area (Å²) in [6.07, 6.45) is 6.43. The first-order valence-electron chi connectivity index (χ1n) is 7.67. The fraction of sp³-hybridized carbons (Fsp3) is 0.412. The van der Waals surface area contributed by atoms with Crippen molar-refractivity contribution in [1.29, 1.82) is 0 Å². The Morgan fingerprint density at radius 3 is 2.68 bits per heavy atom. The number of aliphatic hydroxyl groups excluding tert-OH is 1. The van der Waals surface area contributed by atoms with E-state index in [1.807, 2.05) is 30.3 Å². The Kier molecular flexibility index (Phi) is 4.95. The van der Waals surface area contributed by atoms with Crippen molar-refractivity contribution in [2.24, 2.45) is 0 Å². The van der Waals surface area contributed by atoms with E-state index >= 15 is 0 Å². The summed E-state index contributed by atoms with van der Waals surface area (Å²) in [5, 5.41) is 10.4. The number of aliphatic hydroxyl groups is 1. The fourth-order valence-electron chi connectivity index (χ4n) is 2.99. The first-order valence-corrected chi connectivity index (χ1v) is 8.66. The number of hydrogen-bond acceptors (Lipinski definition) is 4. The number of thioether (sulfide) groups is 1. The monoisotopic (exact) mass is 316 g/mol. The molecular formula is C17H20N2O2S. The van der Waals surface area contributed by atoms with Crippen molar-refractivity contribution >= 4 is 17.5 Å². The first-order chi connectivity index (χ1) is 10.8. The molecule has 1 saturated carbocycles. The molecule has 3 rings (SSSR count). The second-order valence-electron chi connectivity index (χ2n) is 5.58. The van der Waals surface area contributed by atoms with Gasteiger partial charge in [0.05, 0.1) is 24.3 Å². The Balaban J connectivity index is 1.72. The number of ketones is 1. The van der Waals surface area contributed by atoms with Gasteiger partial charge in [0.1, 0.15) is 0 Å². The van der Waals surface area contributed by atoms with Crippen LogP contribution in [0.15, 0.2) is 41.7 Å². The zero-order valence-corrected chi connectivity index (χ0v) is 13.3. The quantitative estimate of drug-likeness (QED) is 0.655. The van der Waals surface area contributed by atoms with Crippen LogP contribution in [-0.2, 0) is 6.61 Å². The molecular weight excluding hydrogens is 296 g/mol. The lowest BCUT2D eigenvalue weighted by Crippen LogP contribution is -2.11. The van der Waals surface area contributed by atoms with Crippen LogP contribution in [0, 0.1) is 0 Å². The molecule has 5 heteroatoms. The normalized spacial score (nSPS) is 15.3. The molecule has 0 spiro atoms. The number of carbonyl (C=O) groups excluding carboxylic acids is 1. The highest BCUT2D eigenvalue weighted by molar-refractivity contribution is 7.99. The van der Waals surface area contributed by atoms with Crippen LogP contribution < -0.4 is 0 Å². The molecule has 0 unspecified atom stereocenters. The van der Waals surface area contributed by atoms with Gasteiger partial charge in [0.25, 0.3) is 0 Å². The Morgan fingerprint density at radius 2 is 2.00 bits per heavy atom. The van der Waals surface area contributed by atoms with Crippen molar-refractivity contribution in [1.82, 2.24) is 9.55 Å². The van der Waals surface area contributed by atoms with E-state index in [2.05, 4.69) is 9.55 Å². The van der Waals surface area contributed by atoms with Gasteiger partial charge in [0.2, 0.25) is 0 Å². The van der Waals surface area contributed by atoms with E-state index in [4.69, 9.17) is 0 Å². The molecule has 4 nitrogen and oxygen atoms in total. The molecule has 2 aromatic rings. The number of aromatic nitrogens is 2. The van der Waals surface area contributed by atoms with E-state index in [0.717, 1.165) is 29.3 Å². The maximum atomic E-state index is 12.2. The number of benzene rings is 1. The van der Waals surface area contributed by atoms with Crippen LogP contribution in [0.2, 0.25) is 0 Å². The summed E-state index contributed by atoms with van der Waals surface area (Å²) in [6.45, 7) is -0.00328. The lowest BCUT2D eigenvalue weighted by atomic mass is 10.2. The highest BCUT2D eigenvalue weighted by atomic mass is 32.2. The van der Waals surface area contributed by atoms with Gasteiger partial charge in [0.15, 0.2) is 10.9 Å². The summed E-state index contributed by atoms with van der Waals surface area (Å²) < 4.78 is 2.13. The van der Waals surface area contributed by atoms with E-state index in [9.17, 15) is 9.90 Å². The minimum atomic E-state index is -0.00328. The third-order valence-electron chi connectivity index (χ3n) is 4.12. The summed E-state index contributed by atoms with van der Waals surface area (Å²) in [5.74, 6) is 0.482. The highest BCUT2D eigenvalue weighted by Crippen LogP contribution is 2.34. The Bertz CT molecular complexity index is 633. The summed E-state index contributed by atoms with van der Waals surface area (Å²) in [5.41, 5.74) is 1.58. The molecule has 0 saturated heterocycles. The van der Waals surface area contributed by atoms with Crippen LogP contribution in [0.25, 0.3) is 0 Å². The largest absolute Gasteiger partial charge is 0.390 e. The second-order valence-corrected chi connectivity index (χ2v) is 6.52. The smallest absolute Gasteiger partial charge is 0.173 e. The number of hydrogen-bond donors (Lipinski definition) is 1. The van der Waals surface area contributed by atoms with Crippen molar-refractivity contribution in [2.75, 3.05) is 5.75 Å². The van der Waals surface area contributed by atoms with Crippen molar-refractivity contribution in [3.8, 4) is 0 Å². The van der Waals surface area contributed by atoms with E-state index in [1.165, 1.54) is 24.6 Å². The molecule has 116 valence electrons. The maximum absolute atomic E-state index is 12.2. The molecule has 1 aromatic heterocycles. The van der Waals surface area contributed by atoms with Crippen molar-refractivity contribution in [3.05, 3.63) is 47.8 Å². The number of Topliss-reactive ketones (excluding diaryl/α,β-unsaturated/α-hetero) is 1. The Hall–Kier alpha value is -1.59. The van der Waals surface area contributed by atoms with Crippen LogP contribution in [0.3, 0.4) is 0 Å². The SMILES string of the molecule is O=C(CSc1ncc(CO)n1C1CCCC1)c1ccccc1. The lowest BCUT2D eigenvalue weighted by molar-refractivity contribution is 0.102. The van der Waals surface area contributed by atoms with Gasteiger partial charge in [-0.25, -0.2) is 4.98 Å². The zero-order valence-electron chi connectivity index (χ0n) is 12.4. The summed E-state index contributed by atoms with van der Waals surface area (Å²) >= 11 is 1.46. The van der Waals surface area contributed by atoms with Crippen LogP contribution in [0.1, 0.15) is 47.8 Å². The summed E-state index contributed by atoms with van der Waals surface area (Å²) in [6, 6.07) is 9.75. The second kappa shape index (κ2) is 7.11. The van der Waals surface area contributed by atoms with E-state index in [1.54, 1.807) is 6.20 Å². The standard InChI is InChI=1S/C17H20N2O2S/c20-11-15-10-18-17(19(15)14-8-4-5-9-14)22-12-16(21)13-6-2-1-3-7-13/h1-3,6-7,10,14,20H,4-5,8-9,11-12H2. The minimum Gasteiger partial charge on any atom is -0.390 e. The van der Waals surface area contributed by atoms with Crippen molar-refractivity contribution < 1.29 is 9.90 Å². The van der Waals surface area contributed by atoms with Gasteiger partial charge in [-0.3, -0.25) is 4.79 Å². The topological polar surface area (TPSA) is 55.1 Å². The van der Waals surface area contributed by atoms with Crippen LogP contribution >= 0.6 is 11.8 Å². The molecule has 1 aliphatic carbocycles. The molecule has 0 radical (unpaired) electrons. The third kappa shape index (κ3) is 3.25. The van der Waals surface area contributed by atoms with Gasteiger partial charge in [-0.15, -0.1) is 0 Å². The summed E-state index contributed by atoms with van der Waals surface area (Å²) in [4.78, 5) is 16.6. The minimum absolute atomic E-state index is 0.00328. The molecule has 0 amide bonds. The van der Waals surface area contributed by atoms with Gasteiger partial charge >= 0.3 is 0 Å². The number of rotatable bonds is 6. The third-order valence-corrected chi connectivity index (χ3v) is 5.09. The van der Waals surface area contributed by atoms with E-state index < -0.39 is 0 Å². The van der Waals surface area contributed by atoms with Gasteiger partial charge in [0, 0.05) is 11.6 Å². The Labute approximate surface area is 134 Å². The summed E-state index contributed by atoms with van der Waals surface area (Å²) in [7, 11) is 0. The number of imidazole rings is 1. The Morgan fingerprint density at radius 1 is 1.27 bits per heavy atom. The van der Waals surface area contributed by atoms with Crippen molar-refractivity contribution in [2.45, 2.75) is 43.5 Å². The average Bonchev–Trinajstić information content (AvgIpc) is 3.22. The lowest BCUT2D eigenvalue weighted by Gasteiger charge is -2.17. The van der Waals surface area contributed by atoms with Crippen LogP contribution in [0.4, 0.5) is 0 Å². The zero-order chi connectivity index (χ0) is 15.4. The molecule has 1 fully saturated rings. The van der Waals surface area contributed by atoms with Crippen LogP contribution in [0.5, 0.6) is 0 Å². The molecule has 0 aliphatic heterocycles. The predicted molar refractivity (Wildman–Crippen MR) is 87.2 cm³/mol. The molecule has 0 atom stereocenters. The first kappa shape index (κ1) is 15.3. The van der Waals surface area contributed by atoms with Gasteiger partial charge in [-0.05, 0) is 12.8 Å². The van der Waals surface area contributed by atoms with Gasteiger partial charge in [-0.1, -0.05) is 54.9 Å². The highest BCUT2D eigenvalue weighted by Gasteiger charge is 2.23. The van der Waals surface area contributed by atoms with Crippen molar-refractivity contribution in [3.63, 3.8) is 0 Å². The molecule has 1 aromatic carbocycles. The van der Waals surface area contributed by atoms with Gasteiger partial charge in [-0.2, -0.15) is 0 Å². The van der Waals surface area contributed by atoms with Crippen LogP contribution in [-0.4, -0.2) is 26.2 Å². The number of nitrogens with zero attached hydrogens (tertiary/aromatic N) is 2. The predicted octanol–water partition coefficient (Wildman–Crippen LogP) is 3.47. The molecule has 1 aliphatic rings. The van der Waals surface area contributed by atoms with E-state index in [-0.39, 0.29) is 12.4 Å². The van der Waals surface area contributed by atoms with E-state index in [0.29, 0.717) is 11.8 Å². The molecule has 1 heterocycles.